The molecule has 35 heavy (non-hydrogen) atoms. The molecule has 2 N–H and O–H groups in total. The molecule has 2 fully saturated rings. The fraction of sp³-hybridized carbons (Fsp3) is 0.769. The van der Waals surface area contributed by atoms with Gasteiger partial charge in [-0.2, -0.15) is 0 Å². The number of likely N-dealkylation sites (N-methyl/N-ethyl adjacent to an activating group) is 2. The second-order valence-electron chi connectivity index (χ2n) is 10.8. The number of likely N-dealkylation sites (tertiary alicyclic amines) is 2. The molecule has 0 saturated carbocycles. The highest BCUT2D eigenvalue weighted by molar-refractivity contribution is 5.96. The van der Waals surface area contributed by atoms with E-state index in [-0.39, 0.29) is 41.6 Å². The smallest absolute Gasteiger partial charge is 0.326 e. The van der Waals surface area contributed by atoms with Gasteiger partial charge in [0, 0.05) is 19.2 Å². The molecule has 1 unspecified atom stereocenters. The first-order valence-corrected chi connectivity index (χ1v) is 12.9. The Kier molecular flexibility index (Phi) is 10.3. The Hall–Kier alpha value is -2.42. The summed E-state index contributed by atoms with van der Waals surface area (Å²) in [5, 5.41) is 12.4. The monoisotopic (exact) mass is 492 g/mol. The molecule has 0 spiro atoms. The number of carboxylic acid groups (broad SMARTS) is 1. The van der Waals surface area contributed by atoms with E-state index in [1.165, 1.54) is 4.90 Å². The first-order valence-electron chi connectivity index (χ1n) is 12.9. The molecule has 0 aromatic heterocycles. The van der Waals surface area contributed by atoms with Gasteiger partial charge in [-0.3, -0.25) is 19.3 Å². The summed E-state index contributed by atoms with van der Waals surface area (Å²) in [6, 6.07) is -2.09. The summed E-state index contributed by atoms with van der Waals surface area (Å²) in [5.74, 6) is -1.72. The number of piperidine rings is 1. The number of nitrogens with one attached hydrogen (secondary N) is 1. The minimum atomic E-state index is -0.990. The minimum Gasteiger partial charge on any atom is -0.480 e. The van der Waals surface area contributed by atoms with Gasteiger partial charge in [0.25, 0.3) is 0 Å². The first-order chi connectivity index (χ1) is 16.4. The predicted molar refractivity (Wildman–Crippen MR) is 135 cm³/mol. The van der Waals surface area contributed by atoms with Crippen molar-refractivity contribution in [2.24, 2.45) is 11.8 Å². The molecule has 0 aromatic rings. The van der Waals surface area contributed by atoms with Gasteiger partial charge in [0.05, 0.1) is 12.1 Å². The molecule has 4 atom stereocenters. The lowest BCUT2D eigenvalue weighted by molar-refractivity contribution is -0.146. The predicted octanol–water partition coefficient (Wildman–Crippen LogP) is 2.12. The van der Waals surface area contributed by atoms with Crippen molar-refractivity contribution in [1.82, 2.24) is 20.0 Å². The van der Waals surface area contributed by atoms with Crippen LogP contribution in [0.25, 0.3) is 0 Å². The molecule has 2 rings (SSSR count). The summed E-state index contributed by atoms with van der Waals surface area (Å²) in [5.41, 5.74) is 0.422. The molecule has 0 bridgehead atoms. The molecule has 9 nitrogen and oxygen atoms in total. The largest absolute Gasteiger partial charge is 0.480 e. The van der Waals surface area contributed by atoms with Gasteiger partial charge in [0.15, 0.2) is 0 Å². The molecular formula is C26H44N4O5. The fourth-order valence-electron chi connectivity index (χ4n) is 5.11. The molecule has 9 heteroatoms. The summed E-state index contributed by atoms with van der Waals surface area (Å²) < 4.78 is 0. The van der Waals surface area contributed by atoms with E-state index < -0.39 is 18.1 Å². The number of carboxylic acids is 1. The molecule has 198 valence electrons. The minimum absolute atomic E-state index is 0.00791. The fourth-order valence-corrected chi connectivity index (χ4v) is 5.11. The quantitative estimate of drug-likeness (QED) is 0.477. The lowest BCUT2D eigenvalue weighted by atomic mass is 9.96. The topological polar surface area (TPSA) is 110 Å². The number of carbonyl (C=O) groups is 4. The zero-order valence-corrected chi connectivity index (χ0v) is 22.4. The summed E-state index contributed by atoms with van der Waals surface area (Å²) in [6.07, 6.45) is 5.72. The van der Waals surface area contributed by atoms with Crippen LogP contribution in [-0.4, -0.2) is 94.8 Å². The lowest BCUT2D eigenvalue weighted by Crippen LogP contribution is -2.57. The Balaban J connectivity index is 2.19. The number of carbonyl (C=O) groups excluding carboxylic acids is 3. The van der Waals surface area contributed by atoms with Crippen molar-refractivity contribution in [3.8, 4) is 0 Å². The van der Waals surface area contributed by atoms with E-state index in [9.17, 15) is 24.3 Å². The van der Waals surface area contributed by atoms with Crippen LogP contribution < -0.4 is 5.32 Å². The SMILES string of the molecule is C/C(=C\[C@H](C(C)C)N(C)C(=O)[C@@H](NC(=O)C1CCCCN1C)C(C)C)C(=O)N1CCC[C@H]1C(=O)O. The van der Waals surface area contributed by atoms with Gasteiger partial charge in [-0.1, -0.05) is 40.2 Å². The van der Waals surface area contributed by atoms with Gasteiger partial charge in [-0.05, 0) is 58.0 Å². The van der Waals surface area contributed by atoms with Crippen molar-refractivity contribution in [3.05, 3.63) is 11.6 Å². The van der Waals surface area contributed by atoms with Gasteiger partial charge in [-0.25, -0.2) is 4.79 Å². The highest BCUT2D eigenvalue weighted by atomic mass is 16.4. The van der Waals surface area contributed by atoms with E-state index >= 15 is 0 Å². The second kappa shape index (κ2) is 12.5. The third kappa shape index (κ3) is 7.06. The van der Waals surface area contributed by atoms with Crippen molar-refractivity contribution in [2.75, 3.05) is 27.2 Å². The van der Waals surface area contributed by atoms with Crippen LogP contribution >= 0.6 is 0 Å². The number of nitrogens with zero attached hydrogens (tertiary/aromatic N) is 3. The van der Waals surface area contributed by atoms with Crippen molar-refractivity contribution in [3.63, 3.8) is 0 Å². The summed E-state index contributed by atoms with van der Waals surface area (Å²) >= 11 is 0. The highest BCUT2D eigenvalue weighted by Gasteiger charge is 2.36. The van der Waals surface area contributed by atoms with Gasteiger partial charge in [-0.15, -0.1) is 0 Å². The van der Waals surface area contributed by atoms with Crippen molar-refractivity contribution in [1.29, 1.82) is 0 Å². The molecule has 0 radical (unpaired) electrons. The van der Waals surface area contributed by atoms with Gasteiger partial charge in [0.1, 0.15) is 12.1 Å². The Morgan fingerprint density at radius 3 is 2.14 bits per heavy atom. The number of aliphatic carboxylic acids is 1. The van der Waals surface area contributed by atoms with Crippen LogP contribution in [0.3, 0.4) is 0 Å². The van der Waals surface area contributed by atoms with E-state index in [4.69, 9.17) is 0 Å². The number of rotatable bonds is 9. The molecule has 0 aromatic carbocycles. The Morgan fingerprint density at radius 2 is 1.60 bits per heavy atom. The maximum absolute atomic E-state index is 13.6. The molecule has 3 amide bonds. The third-order valence-corrected chi connectivity index (χ3v) is 7.34. The van der Waals surface area contributed by atoms with Gasteiger partial charge >= 0.3 is 5.97 Å². The van der Waals surface area contributed by atoms with E-state index in [2.05, 4.69) is 5.32 Å². The maximum atomic E-state index is 13.6. The van der Waals surface area contributed by atoms with Crippen LogP contribution in [0.5, 0.6) is 0 Å². The molecule has 0 aliphatic carbocycles. The Morgan fingerprint density at radius 1 is 0.971 bits per heavy atom. The first kappa shape index (κ1) is 28.8. The average Bonchev–Trinajstić information content (AvgIpc) is 3.29. The van der Waals surface area contributed by atoms with Crippen LogP contribution in [0.1, 0.15) is 66.7 Å². The average molecular weight is 493 g/mol. The standard InChI is InChI=1S/C26H44N4O5/c1-16(2)21(15-18(5)24(32)30-14-10-12-20(30)26(34)35)29(7)25(33)22(17(3)4)27-23(31)19-11-8-9-13-28(19)6/h15-17,19-22H,8-14H2,1-7H3,(H,27,31)(H,34,35)/b18-15+/t19?,20-,21+,22-/m0/s1. The van der Waals surface area contributed by atoms with E-state index in [1.807, 2.05) is 39.6 Å². The van der Waals surface area contributed by atoms with Crippen LogP contribution in [0, 0.1) is 11.8 Å². The van der Waals surface area contributed by atoms with Crippen molar-refractivity contribution < 1.29 is 24.3 Å². The van der Waals surface area contributed by atoms with Crippen LogP contribution in [0.4, 0.5) is 0 Å². The summed E-state index contributed by atoms with van der Waals surface area (Å²) in [7, 11) is 3.64. The zero-order chi connectivity index (χ0) is 26.4. The van der Waals surface area contributed by atoms with Gasteiger partial charge in [0.2, 0.25) is 17.7 Å². The maximum Gasteiger partial charge on any atom is 0.326 e. The normalized spacial score (nSPS) is 23.3. The Bertz CT molecular complexity index is 825. The molecular weight excluding hydrogens is 448 g/mol. The molecule has 2 aliphatic rings. The second-order valence-corrected chi connectivity index (χ2v) is 10.8. The van der Waals surface area contributed by atoms with E-state index in [0.29, 0.717) is 25.0 Å². The summed E-state index contributed by atoms with van der Waals surface area (Å²) in [6.45, 7) is 10.7. The van der Waals surface area contributed by atoms with Gasteiger partial charge < -0.3 is 20.2 Å². The number of hydrogen-bond donors (Lipinski definition) is 2. The number of amides is 3. The number of hydrogen-bond acceptors (Lipinski definition) is 5. The molecule has 2 saturated heterocycles. The van der Waals surface area contributed by atoms with Crippen LogP contribution in [-0.2, 0) is 19.2 Å². The van der Waals surface area contributed by atoms with Crippen LogP contribution in [0.2, 0.25) is 0 Å². The molecule has 2 heterocycles. The van der Waals surface area contributed by atoms with E-state index in [0.717, 1.165) is 25.8 Å². The zero-order valence-electron chi connectivity index (χ0n) is 22.4. The molecule has 2 aliphatic heterocycles. The third-order valence-electron chi connectivity index (χ3n) is 7.34. The van der Waals surface area contributed by atoms with Crippen LogP contribution in [0.15, 0.2) is 11.6 Å². The van der Waals surface area contributed by atoms with Crippen molar-refractivity contribution >= 4 is 23.7 Å². The highest BCUT2D eigenvalue weighted by Crippen LogP contribution is 2.22. The summed E-state index contributed by atoms with van der Waals surface area (Å²) in [4.78, 5) is 56.2. The van der Waals surface area contributed by atoms with Crippen molar-refractivity contribution in [2.45, 2.75) is 90.9 Å². The lowest BCUT2D eigenvalue weighted by Gasteiger charge is -2.36. The Labute approximate surface area is 209 Å². The van der Waals surface area contributed by atoms with E-state index in [1.54, 1.807) is 24.9 Å².